The van der Waals surface area contributed by atoms with Crippen molar-refractivity contribution in [1.82, 2.24) is 9.80 Å². The molecule has 1 saturated carbocycles. The summed E-state index contributed by atoms with van der Waals surface area (Å²) in [4.78, 5) is 4.65. The maximum Gasteiger partial charge on any atom is 0.0666 e. The van der Waals surface area contributed by atoms with Gasteiger partial charge in [-0.2, -0.15) is 5.26 Å². The first kappa shape index (κ1) is 12.5. The fourth-order valence-electron chi connectivity index (χ4n) is 2.41. The zero-order valence-electron chi connectivity index (χ0n) is 10.5. The number of nitrogens with zero attached hydrogens (tertiary/aromatic N) is 3. The van der Waals surface area contributed by atoms with Gasteiger partial charge in [0.25, 0.3) is 0 Å². The van der Waals surface area contributed by atoms with Gasteiger partial charge in [0.05, 0.1) is 12.0 Å². The highest BCUT2D eigenvalue weighted by Crippen LogP contribution is 2.36. The van der Waals surface area contributed by atoms with E-state index >= 15 is 0 Å². The third kappa shape index (κ3) is 2.93. The quantitative estimate of drug-likeness (QED) is 0.688. The molecule has 1 rings (SSSR count). The third-order valence-electron chi connectivity index (χ3n) is 3.60. The van der Waals surface area contributed by atoms with E-state index in [2.05, 4.69) is 37.0 Å². The zero-order valence-corrected chi connectivity index (χ0v) is 10.5. The largest absolute Gasteiger partial charge is 0.303 e. The average Bonchev–Trinajstić information content (AvgIpc) is 2.10. The van der Waals surface area contributed by atoms with Crippen LogP contribution in [0.5, 0.6) is 0 Å². The molecule has 0 aromatic carbocycles. The molecule has 1 aliphatic carbocycles. The molecule has 0 saturated heterocycles. The third-order valence-corrected chi connectivity index (χ3v) is 3.60. The van der Waals surface area contributed by atoms with Crippen molar-refractivity contribution in [2.45, 2.75) is 31.7 Å². The summed E-state index contributed by atoms with van der Waals surface area (Å²) >= 11 is 0. The molecule has 0 aromatic rings. The molecule has 3 nitrogen and oxygen atoms in total. The van der Waals surface area contributed by atoms with Crippen LogP contribution in [0, 0.1) is 17.2 Å². The first-order valence-electron chi connectivity index (χ1n) is 5.76. The molecule has 3 heteroatoms. The van der Waals surface area contributed by atoms with Gasteiger partial charge >= 0.3 is 0 Å². The van der Waals surface area contributed by atoms with E-state index in [9.17, 15) is 0 Å². The van der Waals surface area contributed by atoms with Gasteiger partial charge in [-0.1, -0.05) is 0 Å². The number of nitriles is 1. The highest BCUT2D eigenvalue weighted by Gasteiger charge is 2.39. The van der Waals surface area contributed by atoms with Crippen LogP contribution in [0.2, 0.25) is 0 Å². The Kier molecular flexibility index (Phi) is 4.12. The van der Waals surface area contributed by atoms with Gasteiger partial charge in [-0.25, -0.2) is 0 Å². The minimum absolute atomic E-state index is 0.134. The lowest BCUT2D eigenvalue weighted by Gasteiger charge is -2.49. The molecule has 0 aliphatic heterocycles. The van der Waals surface area contributed by atoms with E-state index in [1.165, 1.54) is 19.3 Å². The number of rotatable bonds is 5. The summed E-state index contributed by atoms with van der Waals surface area (Å²) < 4.78 is 0. The normalized spacial score (nSPS) is 21.1. The van der Waals surface area contributed by atoms with Gasteiger partial charge in [-0.3, -0.25) is 0 Å². The molecule has 1 atom stereocenters. The topological polar surface area (TPSA) is 30.3 Å². The fraction of sp³-hybridized carbons (Fsp3) is 0.917. The van der Waals surface area contributed by atoms with Crippen molar-refractivity contribution in [3.8, 4) is 6.07 Å². The Morgan fingerprint density at radius 2 is 1.93 bits per heavy atom. The second-order valence-corrected chi connectivity index (χ2v) is 5.20. The van der Waals surface area contributed by atoms with E-state index in [1.54, 1.807) is 0 Å². The summed E-state index contributed by atoms with van der Waals surface area (Å²) in [6.45, 7) is 3.96. The molecule has 86 valence electrons. The molecule has 0 bridgehead atoms. The van der Waals surface area contributed by atoms with Crippen molar-refractivity contribution in [3.05, 3.63) is 0 Å². The lowest BCUT2D eigenvalue weighted by Crippen LogP contribution is -2.57. The molecular formula is C12H23N3. The van der Waals surface area contributed by atoms with Gasteiger partial charge < -0.3 is 9.80 Å². The van der Waals surface area contributed by atoms with Crippen LogP contribution in [0.15, 0.2) is 0 Å². The molecule has 1 fully saturated rings. The number of likely N-dealkylation sites (N-methyl/N-ethyl adjacent to an activating group) is 2. The van der Waals surface area contributed by atoms with E-state index in [1.807, 2.05) is 6.92 Å². The Balaban J connectivity index is 2.43. The SMILES string of the molecule is CC(C#N)CN(C)CC1(N(C)C)CCC1. The molecular weight excluding hydrogens is 186 g/mol. The van der Waals surface area contributed by atoms with Crippen molar-refractivity contribution in [1.29, 1.82) is 5.26 Å². The Labute approximate surface area is 93.7 Å². The van der Waals surface area contributed by atoms with Crippen LogP contribution in [0.25, 0.3) is 0 Å². The summed E-state index contributed by atoms with van der Waals surface area (Å²) in [6.07, 6.45) is 3.94. The molecule has 15 heavy (non-hydrogen) atoms. The van der Waals surface area contributed by atoms with Crippen molar-refractivity contribution in [2.75, 3.05) is 34.2 Å². The summed E-state index contributed by atoms with van der Waals surface area (Å²) in [7, 11) is 6.46. The molecule has 0 spiro atoms. The van der Waals surface area contributed by atoms with Crippen LogP contribution >= 0.6 is 0 Å². The maximum atomic E-state index is 8.78. The van der Waals surface area contributed by atoms with E-state index in [0.29, 0.717) is 5.54 Å². The summed E-state index contributed by atoms with van der Waals surface area (Å²) in [5.41, 5.74) is 0.379. The molecule has 1 unspecified atom stereocenters. The fourth-order valence-corrected chi connectivity index (χ4v) is 2.41. The van der Waals surface area contributed by atoms with Gasteiger partial charge in [0, 0.05) is 18.6 Å². The van der Waals surface area contributed by atoms with Gasteiger partial charge in [-0.15, -0.1) is 0 Å². The predicted molar refractivity (Wildman–Crippen MR) is 62.5 cm³/mol. The summed E-state index contributed by atoms with van der Waals surface area (Å²) in [6, 6.07) is 2.29. The van der Waals surface area contributed by atoms with E-state index in [-0.39, 0.29) is 5.92 Å². The lowest BCUT2D eigenvalue weighted by atomic mass is 9.75. The van der Waals surface area contributed by atoms with E-state index in [4.69, 9.17) is 5.26 Å². The van der Waals surface area contributed by atoms with Crippen molar-refractivity contribution >= 4 is 0 Å². The van der Waals surface area contributed by atoms with Crippen molar-refractivity contribution in [2.24, 2.45) is 5.92 Å². The van der Waals surface area contributed by atoms with Crippen LogP contribution in [-0.2, 0) is 0 Å². The maximum absolute atomic E-state index is 8.78. The number of hydrogen-bond acceptors (Lipinski definition) is 3. The Morgan fingerprint density at radius 1 is 1.33 bits per heavy atom. The molecule has 0 aromatic heterocycles. The van der Waals surface area contributed by atoms with Crippen LogP contribution in [0.3, 0.4) is 0 Å². The molecule has 0 radical (unpaired) electrons. The molecule has 0 N–H and O–H groups in total. The first-order chi connectivity index (χ1) is 7.00. The second-order valence-electron chi connectivity index (χ2n) is 5.20. The Morgan fingerprint density at radius 3 is 2.27 bits per heavy atom. The average molecular weight is 209 g/mol. The first-order valence-corrected chi connectivity index (χ1v) is 5.76. The number of hydrogen-bond donors (Lipinski definition) is 0. The Bertz CT molecular complexity index is 238. The lowest BCUT2D eigenvalue weighted by molar-refractivity contribution is 0.0262. The highest BCUT2D eigenvalue weighted by molar-refractivity contribution is 4.98. The minimum Gasteiger partial charge on any atom is -0.303 e. The van der Waals surface area contributed by atoms with Crippen molar-refractivity contribution < 1.29 is 0 Å². The van der Waals surface area contributed by atoms with Gasteiger partial charge in [-0.05, 0) is 47.3 Å². The highest BCUT2D eigenvalue weighted by atomic mass is 15.2. The van der Waals surface area contributed by atoms with Crippen LogP contribution in [0.4, 0.5) is 0 Å². The monoisotopic (exact) mass is 209 g/mol. The van der Waals surface area contributed by atoms with Crippen LogP contribution in [0.1, 0.15) is 26.2 Å². The van der Waals surface area contributed by atoms with Gasteiger partial charge in [0.2, 0.25) is 0 Å². The van der Waals surface area contributed by atoms with Crippen LogP contribution < -0.4 is 0 Å². The zero-order chi connectivity index (χ0) is 11.5. The van der Waals surface area contributed by atoms with E-state index in [0.717, 1.165) is 13.1 Å². The van der Waals surface area contributed by atoms with E-state index < -0.39 is 0 Å². The second kappa shape index (κ2) is 4.96. The minimum atomic E-state index is 0.134. The Hall–Kier alpha value is -0.590. The van der Waals surface area contributed by atoms with Gasteiger partial charge in [0.15, 0.2) is 0 Å². The predicted octanol–water partition coefficient (Wildman–Crippen LogP) is 1.56. The molecule has 0 amide bonds. The summed E-state index contributed by atoms with van der Waals surface area (Å²) in [5, 5.41) is 8.78. The van der Waals surface area contributed by atoms with Crippen LogP contribution in [-0.4, -0.2) is 49.6 Å². The van der Waals surface area contributed by atoms with Gasteiger partial charge in [0.1, 0.15) is 0 Å². The molecule has 1 aliphatic rings. The molecule has 0 heterocycles. The summed E-state index contributed by atoms with van der Waals surface area (Å²) in [5.74, 6) is 0.134. The smallest absolute Gasteiger partial charge is 0.0666 e. The van der Waals surface area contributed by atoms with Crippen molar-refractivity contribution in [3.63, 3.8) is 0 Å². The standard InChI is InChI=1S/C12H23N3/c1-11(8-13)9-15(4)10-12(14(2)3)6-5-7-12/h11H,5-7,9-10H2,1-4H3.